The summed E-state index contributed by atoms with van der Waals surface area (Å²) in [5.74, 6) is 11.1. The molecule has 4 nitrogen and oxygen atoms in total. The SMILES string of the molecule is C#CCC(CC#C)c1nc2ccccc2c(=O)n1N. The number of nitrogens with zero attached hydrogens (tertiary/aromatic N) is 2. The molecular formula is C15H13N3O. The standard InChI is InChI=1S/C15H13N3O/c1-3-7-11(8-4-2)14-17-13-10-6-5-9-12(13)15(19)18(14)16/h1-2,5-6,9-11H,7-8,16H2. The Hall–Kier alpha value is -2.72. The fraction of sp³-hybridized carbons (Fsp3) is 0.200. The van der Waals surface area contributed by atoms with Gasteiger partial charge < -0.3 is 5.84 Å². The molecule has 2 rings (SSSR count). The molecule has 0 aliphatic carbocycles. The number of terminal acetylenes is 2. The van der Waals surface area contributed by atoms with E-state index in [1.807, 2.05) is 6.07 Å². The topological polar surface area (TPSA) is 60.9 Å². The Morgan fingerprint density at radius 2 is 1.89 bits per heavy atom. The highest BCUT2D eigenvalue weighted by Gasteiger charge is 2.17. The number of hydrogen-bond donors (Lipinski definition) is 1. The van der Waals surface area contributed by atoms with Gasteiger partial charge in [0.25, 0.3) is 5.56 Å². The van der Waals surface area contributed by atoms with Crippen molar-refractivity contribution in [1.29, 1.82) is 0 Å². The molecule has 0 atom stereocenters. The zero-order chi connectivity index (χ0) is 13.8. The molecule has 1 aromatic heterocycles. The third-order valence-electron chi connectivity index (χ3n) is 2.93. The van der Waals surface area contributed by atoms with Gasteiger partial charge in [-0.1, -0.05) is 12.1 Å². The molecule has 0 saturated carbocycles. The molecule has 1 aromatic carbocycles. The lowest BCUT2D eigenvalue weighted by Crippen LogP contribution is -2.33. The molecule has 19 heavy (non-hydrogen) atoms. The van der Waals surface area contributed by atoms with Crippen molar-refractivity contribution in [3.05, 3.63) is 40.4 Å². The Kier molecular flexibility index (Phi) is 3.54. The summed E-state index contributed by atoms with van der Waals surface area (Å²) in [6.07, 6.45) is 11.4. The summed E-state index contributed by atoms with van der Waals surface area (Å²) in [6, 6.07) is 7.04. The predicted molar refractivity (Wildman–Crippen MR) is 75.8 cm³/mol. The normalized spacial score (nSPS) is 10.3. The van der Waals surface area contributed by atoms with Crippen LogP contribution in [0.4, 0.5) is 0 Å². The number of aromatic nitrogens is 2. The van der Waals surface area contributed by atoms with Gasteiger partial charge in [0.05, 0.1) is 10.9 Å². The first-order valence-corrected chi connectivity index (χ1v) is 5.82. The van der Waals surface area contributed by atoms with Crippen molar-refractivity contribution in [3.8, 4) is 24.7 Å². The van der Waals surface area contributed by atoms with Crippen molar-refractivity contribution in [1.82, 2.24) is 9.66 Å². The summed E-state index contributed by atoms with van der Waals surface area (Å²) in [7, 11) is 0. The lowest BCUT2D eigenvalue weighted by molar-refractivity contribution is 0.636. The van der Waals surface area contributed by atoms with Crippen LogP contribution in [0.15, 0.2) is 29.1 Å². The van der Waals surface area contributed by atoms with Gasteiger partial charge in [0.1, 0.15) is 5.82 Å². The Morgan fingerprint density at radius 1 is 1.26 bits per heavy atom. The summed E-state index contributed by atoms with van der Waals surface area (Å²) in [4.78, 5) is 16.6. The Morgan fingerprint density at radius 3 is 2.53 bits per heavy atom. The molecule has 0 aliphatic rings. The number of nitrogen functional groups attached to an aromatic ring is 1. The Balaban J connectivity index is 2.67. The van der Waals surface area contributed by atoms with Crippen molar-refractivity contribution in [3.63, 3.8) is 0 Å². The quantitative estimate of drug-likeness (QED) is 0.659. The van der Waals surface area contributed by atoms with Crippen molar-refractivity contribution in [2.75, 3.05) is 5.84 Å². The van der Waals surface area contributed by atoms with Crippen LogP contribution in [0.3, 0.4) is 0 Å². The molecule has 0 spiro atoms. The van der Waals surface area contributed by atoms with E-state index < -0.39 is 0 Å². The van der Waals surface area contributed by atoms with Crippen molar-refractivity contribution in [2.45, 2.75) is 18.8 Å². The van der Waals surface area contributed by atoms with Gasteiger partial charge in [-0.3, -0.25) is 4.79 Å². The second-order valence-electron chi connectivity index (χ2n) is 4.18. The number of para-hydroxylation sites is 1. The first kappa shape index (κ1) is 12.7. The van der Waals surface area contributed by atoms with E-state index in [1.54, 1.807) is 18.2 Å². The molecule has 4 heteroatoms. The van der Waals surface area contributed by atoms with E-state index in [0.717, 1.165) is 4.68 Å². The molecule has 0 aliphatic heterocycles. The number of nitrogens with two attached hydrogens (primary N) is 1. The lowest BCUT2D eigenvalue weighted by atomic mass is 10.0. The summed E-state index contributed by atoms with van der Waals surface area (Å²) in [6.45, 7) is 0. The maximum Gasteiger partial charge on any atom is 0.279 e. The number of benzene rings is 1. The summed E-state index contributed by atoms with van der Waals surface area (Å²) >= 11 is 0. The van der Waals surface area contributed by atoms with Crippen molar-refractivity contribution < 1.29 is 0 Å². The molecule has 2 aromatic rings. The maximum absolute atomic E-state index is 12.2. The minimum Gasteiger partial charge on any atom is -0.335 e. The molecule has 0 fully saturated rings. The van der Waals surface area contributed by atoms with Crippen molar-refractivity contribution >= 4 is 10.9 Å². The van der Waals surface area contributed by atoms with Crippen LogP contribution in [-0.4, -0.2) is 9.66 Å². The third kappa shape index (κ3) is 2.29. The first-order valence-electron chi connectivity index (χ1n) is 5.82. The fourth-order valence-corrected chi connectivity index (χ4v) is 1.99. The Labute approximate surface area is 111 Å². The van der Waals surface area contributed by atoms with Crippen LogP contribution in [-0.2, 0) is 0 Å². The minimum atomic E-state index is -0.292. The predicted octanol–water partition coefficient (Wildman–Crippen LogP) is 1.24. The van der Waals surface area contributed by atoms with E-state index in [0.29, 0.717) is 29.6 Å². The monoisotopic (exact) mass is 251 g/mol. The smallest absolute Gasteiger partial charge is 0.279 e. The zero-order valence-electron chi connectivity index (χ0n) is 10.3. The molecule has 2 N–H and O–H groups in total. The van der Waals surface area contributed by atoms with E-state index >= 15 is 0 Å². The first-order chi connectivity index (χ1) is 9.19. The van der Waals surface area contributed by atoms with E-state index in [4.69, 9.17) is 18.7 Å². The summed E-state index contributed by atoms with van der Waals surface area (Å²) < 4.78 is 1.04. The molecule has 0 saturated heterocycles. The maximum atomic E-state index is 12.2. The lowest BCUT2D eigenvalue weighted by Gasteiger charge is -2.15. The van der Waals surface area contributed by atoms with Gasteiger partial charge in [-0.2, -0.15) is 0 Å². The van der Waals surface area contributed by atoms with Gasteiger partial charge in [0.2, 0.25) is 0 Å². The number of fused-ring (bicyclic) bond motifs is 1. The molecule has 0 bridgehead atoms. The van der Waals surface area contributed by atoms with E-state index in [9.17, 15) is 4.79 Å². The number of rotatable bonds is 3. The fourth-order valence-electron chi connectivity index (χ4n) is 1.99. The van der Waals surface area contributed by atoms with E-state index in [2.05, 4.69) is 16.8 Å². The van der Waals surface area contributed by atoms with Gasteiger partial charge in [-0.05, 0) is 12.1 Å². The summed E-state index contributed by atoms with van der Waals surface area (Å²) in [5, 5.41) is 0.480. The molecule has 0 amide bonds. The van der Waals surface area contributed by atoms with Gasteiger partial charge >= 0.3 is 0 Å². The average Bonchev–Trinajstić information content (AvgIpc) is 2.43. The van der Waals surface area contributed by atoms with Gasteiger partial charge in [-0.25, -0.2) is 9.66 Å². The average molecular weight is 251 g/mol. The largest absolute Gasteiger partial charge is 0.335 e. The second kappa shape index (κ2) is 5.29. The number of hydrogen-bond acceptors (Lipinski definition) is 3. The van der Waals surface area contributed by atoms with Crippen LogP contribution >= 0.6 is 0 Å². The zero-order valence-corrected chi connectivity index (χ0v) is 10.3. The molecule has 0 unspecified atom stereocenters. The van der Waals surface area contributed by atoms with Crippen LogP contribution in [0, 0.1) is 24.7 Å². The van der Waals surface area contributed by atoms with Crippen LogP contribution in [0.1, 0.15) is 24.6 Å². The third-order valence-corrected chi connectivity index (χ3v) is 2.93. The van der Waals surface area contributed by atoms with E-state index in [-0.39, 0.29) is 11.5 Å². The highest BCUT2D eigenvalue weighted by Crippen LogP contribution is 2.20. The summed E-state index contributed by atoms with van der Waals surface area (Å²) in [5.41, 5.74) is 0.308. The molecular weight excluding hydrogens is 238 g/mol. The molecule has 94 valence electrons. The molecule has 1 heterocycles. The van der Waals surface area contributed by atoms with Gasteiger partial charge in [0, 0.05) is 18.8 Å². The highest BCUT2D eigenvalue weighted by molar-refractivity contribution is 5.77. The van der Waals surface area contributed by atoms with E-state index in [1.165, 1.54) is 0 Å². The van der Waals surface area contributed by atoms with Gasteiger partial charge in [0.15, 0.2) is 0 Å². The van der Waals surface area contributed by atoms with Gasteiger partial charge in [-0.15, -0.1) is 24.7 Å². The minimum absolute atomic E-state index is 0.211. The second-order valence-corrected chi connectivity index (χ2v) is 4.18. The highest BCUT2D eigenvalue weighted by atomic mass is 16.1. The molecule has 0 radical (unpaired) electrons. The van der Waals surface area contributed by atoms with Crippen LogP contribution in [0.25, 0.3) is 10.9 Å². The van der Waals surface area contributed by atoms with Crippen LogP contribution < -0.4 is 11.4 Å². The van der Waals surface area contributed by atoms with Crippen LogP contribution in [0.2, 0.25) is 0 Å². The Bertz CT molecular complexity index is 731. The van der Waals surface area contributed by atoms with Crippen molar-refractivity contribution in [2.24, 2.45) is 0 Å². The van der Waals surface area contributed by atoms with Crippen LogP contribution in [0.5, 0.6) is 0 Å².